The zero-order chi connectivity index (χ0) is 11.1. The van der Waals surface area contributed by atoms with E-state index in [4.69, 9.17) is 15.2 Å². The molecule has 1 aromatic rings. The third-order valence-electron chi connectivity index (χ3n) is 2.25. The van der Waals surface area contributed by atoms with Crippen LogP contribution >= 0.6 is 0 Å². The van der Waals surface area contributed by atoms with Crippen LogP contribution in [0.2, 0.25) is 0 Å². The normalized spacial score (nSPS) is 12.2. The number of benzene rings is 1. The first-order valence-electron chi connectivity index (χ1n) is 5.23. The summed E-state index contributed by atoms with van der Waals surface area (Å²) in [4.78, 5) is 0. The lowest BCUT2D eigenvalue weighted by Crippen LogP contribution is -2.13. The fourth-order valence-corrected chi connectivity index (χ4v) is 1.28. The lowest BCUT2D eigenvalue weighted by molar-refractivity contribution is 0.254. The number of ether oxygens (including phenoxy) is 2. The molecule has 0 aliphatic heterocycles. The first-order valence-corrected chi connectivity index (χ1v) is 5.23. The molecule has 1 rings (SSSR count). The van der Waals surface area contributed by atoms with E-state index in [0.717, 1.165) is 17.9 Å². The summed E-state index contributed by atoms with van der Waals surface area (Å²) >= 11 is 0. The predicted octanol–water partition coefficient (Wildman–Crippen LogP) is 2.06. The minimum absolute atomic E-state index is 0.497. The zero-order valence-electron chi connectivity index (χ0n) is 9.40. The molecule has 0 radical (unpaired) electrons. The van der Waals surface area contributed by atoms with Gasteiger partial charge in [-0.1, -0.05) is 6.92 Å². The molecule has 1 unspecified atom stereocenters. The van der Waals surface area contributed by atoms with Gasteiger partial charge in [0.25, 0.3) is 0 Å². The highest BCUT2D eigenvalue weighted by Gasteiger charge is 2.02. The van der Waals surface area contributed by atoms with Gasteiger partial charge in [-0.15, -0.1) is 0 Å². The van der Waals surface area contributed by atoms with Gasteiger partial charge in [0.2, 0.25) is 0 Å². The smallest absolute Gasteiger partial charge is 0.119 e. The van der Waals surface area contributed by atoms with Gasteiger partial charge in [0.15, 0.2) is 0 Å². The molecule has 2 N–H and O–H groups in total. The monoisotopic (exact) mass is 209 g/mol. The summed E-state index contributed by atoms with van der Waals surface area (Å²) in [5.74, 6) is 2.22. The quantitative estimate of drug-likeness (QED) is 0.780. The van der Waals surface area contributed by atoms with E-state index in [-0.39, 0.29) is 0 Å². The van der Waals surface area contributed by atoms with Crippen LogP contribution in [0.3, 0.4) is 0 Å². The van der Waals surface area contributed by atoms with Crippen molar-refractivity contribution in [2.24, 2.45) is 11.7 Å². The summed E-state index contributed by atoms with van der Waals surface area (Å²) in [5, 5.41) is 0. The molecule has 0 amide bonds. The molecule has 0 saturated heterocycles. The van der Waals surface area contributed by atoms with Crippen molar-refractivity contribution in [1.82, 2.24) is 0 Å². The Hall–Kier alpha value is -1.22. The summed E-state index contributed by atoms with van der Waals surface area (Å²) in [7, 11) is 1.65. The van der Waals surface area contributed by atoms with E-state index in [1.54, 1.807) is 7.11 Å². The second-order valence-corrected chi connectivity index (χ2v) is 3.67. The summed E-state index contributed by atoms with van der Waals surface area (Å²) in [5.41, 5.74) is 5.46. The van der Waals surface area contributed by atoms with E-state index < -0.39 is 0 Å². The molecule has 0 spiro atoms. The van der Waals surface area contributed by atoms with Crippen molar-refractivity contribution in [2.45, 2.75) is 13.3 Å². The van der Waals surface area contributed by atoms with Crippen molar-refractivity contribution >= 4 is 0 Å². The zero-order valence-corrected chi connectivity index (χ0v) is 9.40. The second kappa shape index (κ2) is 6.30. The molecule has 0 aliphatic rings. The minimum Gasteiger partial charge on any atom is -0.497 e. The van der Waals surface area contributed by atoms with Crippen molar-refractivity contribution in [3.05, 3.63) is 24.3 Å². The lowest BCUT2D eigenvalue weighted by atomic mass is 10.1. The minimum atomic E-state index is 0.497. The van der Waals surface area contributed by atoms with Crippen molar-refractivity contribution in [3.8, 4) is 11.5 Å². The second-order valence-electron chi connectivity index (χ2n) is 3.67. The Morgan fingerprint density at radius 3 is 2.33 bits per heavy atom. The van der Waals surface area contributed by atoms with Crippen molar-refractivity contribution in [3.63, 3.8) is 0 Å². The summed E-state index contributed by atoms with van der Waals surface area (Å²) in [6, 6.07) is 7.61. The Labute approximate surface area is 91.2 Å². The third kappa shape index (κ3) is 4.21. The van der Waals surface area contributed by atoms with Crippen LogP contribution in [0, 0.1) is 5.92 Å². The molecule has 0 heterocycles. The van der Waals surface area contributed by atoms with E-state index in [0.29, 0.717) is 19.1 Å². The van der Waals surface area contributed by atoms with Crippen LogP contribution in [-0.4, -0.2) is 20.3 Å². The van der Waals surface area contributed by atoms with Crippen molar-refractivity contribution in [1.29, 1.82) is 0 Å². The molecule has 0 fully saturated rings. The Kier molecular flexibility index (Phi) is 4.98. The highest BCUT2D eigenvalue weighted by molar-refractivity contribution is 5.31. The van der Waals surface area contributed by atoms with Gasteiger partial charge in [-0.05, 0) is 43.1 Å². The van der Waals surface area contributed by atoms with Gasteiger partial charge in [0, 0.05) is 0 Å². The number of methoxy groups -OCH3 is 1. The Morgan fingerprint density at radius 1 is 1.20 bits per heavy atom. The fraction of sp³-hybridized carbons (Fsp3) is 0.500. The molecule has 3 heteroatoms. The van der Waals surface area contributed by atoms with Crippen LogP contribution in [0.1, 0.15) is 13.3 Å². The number of nitrogens with two attached hydrogens (primary N) is 1. The van der Waals surface area contributed by atoms with Crippen LogP contribution < -0.4 is 15.2 Å². The molecule has 3 nitrogen and oxygen atoms in total. The molecular formula is C12H19NO2. The number of rotatable bonds is 6. The standard InChI is InChI=1S/C12H19NO2/c1-10(7-8-13)9-15-12-5-3-11(14-2)4-6-12/h3-6,10H,7-9,13H2,1-2H3. The fourth-order valence-electron chi connectivity index (χ4n) is 1.28. The highest BCUT2D eigenvalue weighted by Crippen LogP contribution is 2.17. The van der Waals surface area contributed by atoms with Crippen molar-refractivity contribution < 1.29 is 9.47 Å². The van der Waals surface area contributed by atoms with Gasteiger partial charge in [0.1, 0.15) is 11.5 Å². The maximum atomic E-state index is 5.61. The molecule has 0 aliphatic carbocycles. The van der Waals surface area contributed by atoms with Crippen LogP contribution in [0.4, 0.5) is 0 Å². The maximum absolute atomic E-state index is 5.61. The molecule has 0 saturated carbocycles. The Balaban J connectivity index is 2.37. The Bertz CT molecular complexity index is 271. The first kappa shape index (κ1) is 11.9. The summed E-state index contributed by atoms with van der Waals surface area (Å²) in [6.45, 7) is 3.56. The van der Waals surface area contributed by atoms with Crippen LogP contribution in [0.25, 0.3) is 0 Å². The van der Waals surface area contributed by atoms with Gasteiger partial charge in [-0.2, -0.15) is 0 Å². The average Bonchev–Trinajstić information content (AvgIpc) is 2.27. The molecule has 15 heavy (non-hydrogen) atoms. The van der Waals surface area contributed by atoms with E-state index in [1.165, 1.54) is 0 Å². The van der Waals surface area contributed by atoms with Gasteiger partial charge in [-0.25, -0.2) is 0 Å². The molecule has 0 bridgehead atoms. The lowest BCUT2D eigenvalue weighted by Gasteiger charge is -2.12. The van der Waals surface area contributed by atoms with E-state index in [9.17, 15) is 0 Å². The molecule has 0 aromatic heterocycles. The average molecular weight is 209 g/mol. The molecular weight excluding hydrogens is 190 g/mol. The number of hydrogen-bond donors (Lipinski definition) is 1. The van der Waals surface area contributed by atoms with Gasteiger partial charge < -0.3 is 15.2 Å². The molecule has 1 atom stereocenters. The first-order chi connectivity index (χ1) is 7.26. The van der Waals surface area contributed by atoms with Crippen LogP contribution in [0.15, 0.2) is 24.3 Å². The van der Waals surface area contributed by atoms with E-state index in [2.05, 4.69) is 6.92 Å². The van der Waals surface area contributed by atoms with E-state index in [1.807, 2.05) is 24.3 Å². The van der Waals surface area contributed by atoms with Crippen molar-refractivity contribution in [2.75, 3.05) is 20.3 Å². The van der Waals surface area contributed by atoms with Crippen LogP contribution in [-0.2, 0) is 0 Å². The predicted molar refractivity (Wildman–Crippen MR) is 61.3 cm³/mol. The largest absolute Gasteiger partial charge is 0.497 e. The van der Waals surface area contributed by atoms with Crippen LogP contribution in [0.5, 0.6) is 11.5 Å². The van der Waals surface area contributed by atoms with Gasteiger partial charge in [-0.3, -0.25) is 0 Å². The molecule has 84 valence electrons. The Morgan fingerprint density at radius 2 is 1.80 bits per heavy atom. The maximum Gasteiger partial charge on any atom is 0.119 e. The van der Waals surface area contributed by atoms with Gasteiger partial charge >= 0.3 is 0 Å². The van der Waals surface area contributed by atoms with Gasteiger partial charge in [0.05, 0.1) is 13.7 Å². The number of hydrogen-bond acceptors (Lipinski definition) is 3. The summed E-state index contributed by atoms with van der Waals surface area (Å²) < 4.78 is 10.7. The third-order valence-corrected chi connectivity index (χ3v) is 2.25. The molecule has 1 aromatic carbocycles. The summed E-state index contributed by atoms with van der Waals surface area (Å²) in [6.07, 6.45) is 0.996. The topological polar surface area (TPSA) is 44.5 Å². The highest BCUT2D eigenvalue weighted by atomic mass is 16.5. The SMILES string of the molecule is COc1ccc(OCC(C)CCN)cc1. The van der Waals surface area contributed by atoms with E-state index >= 15 is 0 Å².